The third kappa shape index (κ3) is 3.60. The van der Waals surface area contributed by atoms with Crippen molar-refractivity contribution in [1.29, 1.82) is 0 Å². The minimum atomic E-state index is -0.173. The molecule has 1 saturated heterocycles. The quantitative estimate of drug-likeness (QED) is 0.701. The number of fused-ring (bicyclic) bond motifs is 1. The second-order valence-corrected chi connectivity index (χ2v) is 8.88. The zero-order valence-electron chi connectivity index (χ0n) is 17.8. The van der Waals surface area contributed by atoms with Crippen LogP contribution in [0.3, 0.4) is 0 Å². The molecule has 2 aromatic rings. The van der Waals surface area contributed by atoms with E-state index < -0.39 is 0 Å². The molecule has 1 atom stereocenters. The lowest BCUT2D eigenvalue weighted by atomic mass is 9.94. The van der Waals surface area contributed by atoms with Gasteiger partial charge in [0.15, 0.2) is 0 Å². The molecule has 2 heterocycles. The van der Waals surface area contributed by atoms with Gasteiger partial charge >= 0.3 is 0 Å². The fraction of sp³-hybridized carbons (Fsp3) is 0.400. The van der Waals surface area contributed by atoms with Crippen molar-refractivity contribution in [2.24, 2.45) is 5.92 Å². The molecule has 3 amide bonds. The topological polar surface area (TPSA) is 60.9 Å². The molecule has 6 nitrogen and oxygen atoms in total. The van der Waals surface area contributed by atoms with Crippen LogP contribution in [0, 0.1) is 5.92 Å². The van der Waals surface area contributed by atoms with Crippen LogP contribution in [0.15, 0.2) is 48.5 Å². The fourth-order valence-electron chi connectivity index (χ4n) is 4.86. The van der Waals surface area contributed by atoms with Crippen LogP contribution in [-0.4, -0.2) is 53.7 Å². The molecule has 31 heavy (non-hydrogen) atoms. The van der Waals surface area contributed by atoms with Crippen molar-refractivity contribution in [1.82, 2.24) is 9.80 Å². The number of carbonyl (C=O) groups excluding carboxylic acids is 3. The molecule has 1 unspecified atom stereocenters. The van der Waals surface area contributed by atoms with E-state index in [9.17, 15) is 14.4 Å². The molecule has 2 aromatic carbocycles. The lowest BCUT2D eigenvalue weighted by Gasteiger charge is -2.36. The molecule has 0 bridgehead atoms. The minimum Gasteiger partial charge on any atom is -0.370 e. The number of benzene rings is 2. The number of rotatable bonds is 5. The van der Waals surface area contributed by atoms with E-state index in [-0.39, 0.29) is 29.7 Å². The molecule has 0 spiro atoms. The summed E-state index contributed by atoms with van der Waals surface area (Å²) < 4.78 is 0. The summed E-state index contributed by atoms with van der Waals surface area (Å²) in [5.41, 5.74) is 2.92. The second kappa shape index (κ2) is 7.84. The van der Waals surface area contributed by atoms with Crippen molar-refractivity contribution in [3.8, 4) is 0 Å². The van der Waals surface area contributed by atoms with Gasteiger partial charge in [-0.05, 0) is 43.4 Å². The van der Waals surface area contributed by atoms with Crippen LogP contribution in [0.5, 0.6) is 0 Å². The maximum Gasteiger partial charge on any atom is 0.263 e. The molecule has 0 radical (unpaired) electrons. The molecular formula is C25H27N3O3. The molecule has 5 rings (SSSR count). The zero-order valence-corrected chi connectivity index (χ0v) is 17.8. The maximum absolute atomic E-state index is 13.1. The van der Waals surface area contributed by atoms with E-state index in [0.29, 0.717) is 24.2 Å². The Labute approximate surface area is 182 Å². The summed E-state index contributed by atoms with van der Waals surface area (Å²) in [6.07, 6.45) is 3.52. The Balaban J connectivity index is 1.34. The Kier molecular flexibility index (Phi) is 5.00. The van der Waals surface area contributed by atoms with Gasteiger partial charge in [0.25, 0.3) is 11.8 Å². The van der Waals surface area contributed by atoms with Gasteiger partial charge in [-0.15, -0.1) is 0 Å². The summed E-state index contributed by atoms with van der Waals surface area (Å²) in [5.74, 6) is -0.336. The number of hydrogen-bond donors (Lipinski definition) is 0. The second-order valence-electron chi connectivity index (χ2n) is 8.88. The fourth-order valence-corrected chi connectivity index (χ4v) is 4.86. The number of carbonyl (C=O) groups is 3. The molecule has 160 valence electrons. The van der Waals surface area contributed by atoms with Crippen LogP contribution in [0.2, 0.25) is 0 Å². The number of nitrogens with zero attached hydrogens (tertiary/aromatic N) is 3. The van der Waals surface area contributed by atoms with E-state index in [4.69, 9.17) is 0 Å². The van der Waals surface area contributed by atoms with E-state index in [1.54, 1.807) is 11.0 Å². The summed E-state index contributed by atoms with van der Waals surface area (Å²) in [6, 6.07) is 15.6. The van der Waals surface area contributed by atoms with E-state index in [2.05, 4.69) is 4.90 Å². The first kappa shape index (κ1) is 19.8. The molecule has 2 fully saturated rings. The largest absolute Gasteiger partial charge is 0.370 e. The van der Waals surface area contributed by atoms with Crippen LogP contribution in [-0.2, 0) is 11.3 Å². The van der Waals surface area contributed by atoms with Crippen molar-refractivity contribution < 1.29 is 14.4 Å². The van der Waals surface area contributed by atoms with Crippen LogP contribution in [0.4, 0.5) is 5.69 Å². The SMILES string of the molecule is CN(Cc1ccccc1)C(=O)C1CCCN(c2cccc3c2C(=O)N(C2CC2)C3=O)C1. The van der Waals surface area contributed by atoms with Crippen molar-refractivity contribution >= 4 is 23.4 Å². The van der Waals surface area contributed by atoms with E-state index in [0.717, 1.165) is 43.5 Å². The van der Waals surface area contributed by atoms with E-state index in [1.165, 1.54) is 4.90 Å². The first-order chi connectivity index (χ1) is 15.0. The summed E-state index contributed by atoms with van der Waals surface area (Å²) in [5, 5.41) is 0. The van der Waals surface area contributed by atoms with E-state index in [1.807, 2.05) is 49.5 Å². The van der Waals surface area contributed by atoms with E-state index >= 15 is 0 Å². The molecule has 1 aliphatic carbocycles. The smallest absolute Gasteiger partial charge is 0.263 e. The molecular weight excluding hydrogens is 390 g/mol. The Bertz CT molecular complexity index is 1030. The van der Waals surface area contributed by atoms with Gasteiger partial charge in [0.05, 0.1) is 22.7 Å². The Hall–Kier alpha value is -3.15. The highest BCUT2D eigenvalue weighted by molar-refractivity contribution is 6.24. The molecule has 2 aliphatic heterocycles. The maximum atomic E-state index is 13.1. The summed E-state index contributed by atoms with van der Waals surface area (Å²) in [4.78, 5) is 44.4. The van der Waals surface area contributed by atoms with Gasteiger partial charge in [-0.2, -0.15) is 0 Å². The van der Waals surface area contributed by atoms with Gasteiger partial charge in [0.1, 0.15) is 0 Å². The van der Waals surface area contributed by atoms with Gasteiger partial charge in [0.2, 0.25) is 5.91 Å². The predicted octanol–water partition coefficient (Wildman–Crippen LogP) is 3.32. The summed E-state index contributed by atoms with van der Waals surface area (Å²) in [6.45, 7) is 1.94. The molecule has 0 aromatic heterocycles. The monoisotopic (exact) mass is 417 g/mol. The molecule has 3 aliphatic rings. The van der Waals surface area contributed by atoms with Gasteiger partial charge in [-0.25, -0.2) is 0 Å². The lowest BCUT2D eigenvalue weighted by molar-refractivity contribution is -0.135. The normalized spacial score (nSPS) is 20.7. The number of anilines is 1. The standard InChI is InChI=1S/C25H27N3O3/c1-26(15-17-7-3-2-4-8-17)23(29)18-9-6-14-27(16-18)21-11-5-10-20-22(21)25(31)28(24(20)30)19-12-13-19/h2-5,7-8,10-11,18-19H,6,9,12-16H2,1H3. The van der Waals surface area contributed by atoms with Crippen LogP contribution in [0.25, 0.3) is 0 Å². The Morgan fingerprint density at radius 2 is 1.77 bits per heavy atom. The first-order valence-corrected chi connectivity index (χ1v) is 11.1. The third-order valence-electron chi connectivity index (χ3n) is 6.59. The Morgan fingerprint density at radius 3 is 2.52 bits per heavy atom. The highest BCUT2D eigenvalue weighted by atomic mass is 16.2. The average molecular weight is 418 g/mol. The minimum absolute atomic E-state index is 0.0579. The number of imide groups is 1. The summed E-state index contributed by atoms with van der Waals surface area (Å²) >= 11 is 0. The zero-order chi connectivity index (χ0) is 21.5. The molecule has 6 heteroatoms. The highest BCUT2D eigenvalue weighted by Gasteiger charge is 2.46. The van der Waals surface area contributed by atoms with Crippen molar-refractivity contribution in [3.63, 3.8) is 0 Å². The summed E-state index contributed by atoms with van der Waals surface area (Å²) in [7, 11) is 1.85. The van der Waals surface area contributed by atoms with Gasteiger partial charge in [-0.1, -0.05) is 36.4 Å². The van der Waals surface area contributed by atoms with Gasteiger partial charge in [0, 0.05) is 32.7 Å². The van der Waals surface area contributed by atoms with Crippen molar-refractivity contribution in [2.75, 3.05) is 25.0 Å². The van der Waals surface area contributed by atoms with Crippen molar-refractivity contribution in [2.45, 2.75) is 38.3 Å². The molecule has 0 N–H and O–H groups in total. The van der Waals surface area contributed by atoms with Crippen molar-refractivity contribution in [3.05, 3.63) is 65.2 Å². The highest BCUT2D eigenvalue weighted by Crippen LogP contribution is 2.39. The Morgan fingerprint density at radius 1 is 1.00 bits per heavy atom. The van der Waals surface area contributed by atoms with Crippen LogP contribution >= 0.6 is 0 Å². The number of hydrogen-bond acceptors (Lipinski definition) is 4. The van der Waals surface area contributed by atoms with Gasteiger partial charge in [-0.3, -0.25) is 19.3 Å². The average Bonchev–Trinajstić information content (AvgIpc) is 3.60. The van der Waals surface area contributed by atoms with Crippen LogP contribution < -0.4 is 4.90 Å². The first-order valence-electron chi connectivity index (χ1n) is 11.1. The third-order valence-corrected chi connectivity index (χ3v) is 6.59. The van der Waals surface area contributed by atoms with Crippen LogP contribution in [0.1, 0.15) is 52.0 Å². The van der Waals surface area contributed by atoms with Gasteiger partial charge < -0.3 is 9.80 Å². The predicted molar refractivity (Wildman–Crippen MR) is 118 cm³/mol. The number of amides is 3. The molecule has 1 saturated carbocycles. The lowest BCUT2D eigenvalue weighted by Crippen LogP contribution is -2.44. The number of piperidine rings is 1.